The Morgan fingerprint density at radius 1 is 1.33 bits per heavy atom. The number of ether oxygens (including phenoxy) is 1. The smallest absolute Gasteiger partial charge is 0.330 e. The third-order valence-electron chi connectivity index (χ3n) is 3.83. The maximum atomic E-state index is 13.8. The van der Waals surface area contributed by atoms with Gasteiger partial charge in [0.2, 0.25) is 11.8 Å². The van der Waals surface area contributed by atoms with Crippen LogP contribution < -0.4 is 10.2 Å². The minimum absolute atomic E-state index is 0.0511. The van der Waals surface area contributed by atoms with Gasteiger partial charge in [-0.05, 0) is 26.0 Å². The van der Waals surface area contributed by atoms with Crippen molar-refractivity contribution in [3.63, 3.8) is 0 Å². The van der Waals surface area contributed by atoms with E-state index >= 15 is 0 Å². The summed E-state index contributed by atoms with van der Waals surface area (Å²) in [4.78, 5) is 37.1. The number of rotatable bonds is 4. The highest BCUT2D eigenvalue weighted by Gasteiger charge is 2.39. The molecular weight excluding hydrogens is 322 g/mol. The molecule has 1 aliphatic rings. The highest BCUT2D eigenvalue weighted by molar-refractivity contribution is 6.01. The number of esters is 1. The number of carbonyl (C=O) groups excluding carboxylic acids is 3. The van der Waals surface area contributed by atoms with Crippen LogP contribution in [0.4, 0.5) is 14.5 Å². The van der Waals surface area contributed by atoms with E-state index in [-0.39, 0.29) is 18.7 Å². The molecule has 2 amide bonds. The first kappa shape index (κ1) is 17.8. The van der Waals surface area contributed by atoms with Crippen molar-refractivity contribution in [1.82, 2.24) is 5.32 Å². The van der Waals surface area contributed by atoms with Crippen LogP contribution >= 0.6 is 0 Å². The highest BCUT2D eigenvalue weighted by Crippen LogP contribution is 2.28. The summed E-state index contributed by atoms with van der Waals surface area (Å²) in [5, 5.41) is 2.52. The molecule has 1 N–H and O–H groups in total. The van der Waals surface area contributed by atoms with Gasteiger partial charge in [-0.3, -0.25) is 9.59 Å². The lowest BCUT2D eigenvalue weighted by atomic mass is 10.0. The number of anilines is 1. The molecule has 0 bridgehead atoms. The standard InChI is InChI=1S/C16H18F2N2O4/c1-16(2,15(23)24-3)19-14(22)9-6-13(21)20(8-9)12-5-4-10(17)7-11(12)18/h4-5,7,9H,6,8H2,1-3H3,(H,19,22)/t9-/m0/s1. The SMILES string of the molecule is COC(=O)C(C)(C)NC(=O)[C@H]1CC(=O)N(c2ccc(F)cc2F)C1. The zero-order valence-corrected chi connectivity index (χ0v) is 13.6. The first-order valence-corrected chi connectivity index (χ1v) is 7.31. The number of nitrogens with zero attached hydrogens (tertiary/aromatic N) is 1. The van der Waals surface area contributed by atoms with Crippen molar-refractivity contribution in [1.29, 1.82) is 0 Å². The summed E-state index contributed by atoms with van der Waals surface area (Å²) in [7, 11) is 1.20. The second kappa shape index (κ2) is 6.54. The van der Waals surface area contributed by atoms with Crippen LogP contribution in [0, 0.1) is 17.6 Å². The van der Waals surface area contributed by atoms with E-state index in [2.05, 4.69) is 10.1 Å². The van der Waals surface area contributed by atoms with Gasteiger partial charge in [0.05, 0.1) is 18.7 Å². The predicted octanol–water partition coefficient (Wildman–Crippen LogP) is 1.39. The van der Waals surface area contributed by atoms with Gasteiger partial charge < -0.3 is 15.0 Å². The first-order valence-electron chi connectivity index (χ1n) is 7.31. The van der Waals surface area contributed by atoms with Gasteiger partial charge in [-0.2, -0.15) is 0 Å². The van der Waals surface area contributed by atoms with Gasteiger partial charge in [0, 0.05) is 19.0 Å². The summed E-state index contributed by atoms with van der Waals surface area (Å²) < 4.78 is 31.4. The molecule has 1 saturated heterocycles. The maximum absolute atomic E-state index is 13.8. The van der Waals surface area contributed by atoms with Crippen LogP contribution in [0.1, 0.15) is 20.3 Å². The second-order valence-corrected chi connectivity index (χ2v) is 6.11. The van der Waals surface area contributed by atoms with Crippen LogP contribution in [-0.2, 0) is 19.1 Å². The Hall–Kier alpha value is -2.51. The fraction of sp³-hybridized carbons (Fsp3) is 0.438. The molecule has 8 heteroatoms. The number of nitrogens with one attached hydrogen (secondary N) is 1. The van der Waals surface area contributed by atoms with Gasteiger partial charge in [-0.25, -0.2) is 13.6 Å². The Morgan fingerprint density at radius 3 is 2.58 bits per heavy atom. The van der Waals surface area contributed by atoms with Gasteiger partial charge in [0.25, 0.3) is 0 Å². The fourth-order valence-corrected chi connectivity index (χ4v) is 2.53. The quantitative estimate of drug-likeness (QED) is 0.841. The molecule has 2 rings (SSSR count). The lowest BCUT2D eigenvalue weighted by molar-refractivity contribution is -0.149. The number of halogens is 2. The highest BCUT2D eigenvalue weighted by atomic mass is 19.1. The van der Waals surface area contributed by atoms with Crippen LogP contribution in [0.15, 0.2) is 18.2 Å². The molecule has 1 atom stereocenters. The minimum atomic E-state index is -1.25. The molecule has 1 fully saturated rings. The first-order chi connectivity index (χ1) is 11.2. The van der Waals surface area contributed by atoms with Crippen molar-refractivity contribution < 1.29 is 27.9 Å². The van der Waals surface area contributed by atoms with E-state index in [1.54, 1.807) is 0 Å². The summed E-state index contributed by atoms with van der Waals surface area (Å²) in [6.45, 7) is 2.90. The van der Waals surface area contributed by atoms with Crippen molar-refractivity contribution in [2.75, 3.05) is 18.6 Å². The molecular formula is C16H18F2N2O4. The second-order valence-electron chi connectivity index (χ2n) is 6.11. The van der Waals surface area contributed by atoms with Crippen LogP contribution in [-0.4, -0.2) is 37.0 Å². The number of benzene rings is 1. The van der Waals surface area contributed by atoms with Gasteiger partial charge >= 0.3 is 5.97 Å². The normalized spacial score (nSPS) is 17.8. The van der Waals surface area contributed by atoms with E-state index in [4.69, 9.17) is 0 Å². The average molecular weight is 340 g/mol. The summed E-state index contributed by atoms with van der Waals surface area (Å²) in [6, 6.07) is 2.87. The van der Waals surface area contributed by atoms with Crippen LogP contribution in [0.25, 0.3) is 0 Å². The molecule has 24 heavy (non-hydrogen) atoms. The molecule has 0 aliphatic carbocycles. The molecule has 130 valence electrons. The zero-order valence-electron chi connectivity index (χ0n) is 13.6. The molecule has 0 aromatic heterocycles. The number of hydrogen-bond donors (Lipinski definition) is 1. The van der Waals surface area contributed by atoms with Gasteiger partial charge in [-0.15, -0.1) is 0 Å². The van der Waals surface area contributed by atoms with Crippen molar-refractivity contribution in [2.45, 2.75) is 25.8 Å². The Morgan fingerprint density at radius 2 is 2.00 bits per heavy atom. The van der Waals surface area contributed by atoms with Crippen molar-refractivity contribution in [3.8, 4) is 0 Å². The Balaban J connectivity index is 2.12. The van der Waals surface area contributed by atoms with E-state index < -0.39 is 40.9 Å². The maximum Gasteiger partial charge on any atom is 0.330 e. The molecule has 0 saturated carbocycles. The van der Waals surface area contributed by atoms with E-state index in [0.29, 0.717) is 6.07 Å². The molecule has 6 nitrogen and oxygen atoms in total. The number of carbonyl (C=O) groups is 3. The third-order valence-corrected chi connectivity index (χ3v) is 3.83. The Labute approximate surface area is 137 Å². The van der Waals surface area contributed by atoms with E-state index in [0.717, 1.165) is 17.0 Å². The predicted molar refractivity (Wildman–Crippen MR) is 81.1 cm³/mol. The van der Waals surface area contributed by atoms with Crippen molar-refractivity contribution in [3.05, 3.63) is 29.8 Å². The number of hydrogen-bond acceptors (Lipinski definition) is 4. The molecule has 1 aromatic rings. The minimum Gasteiger partial charge on any atom is -0.467 e. The lowest BCUT2D eigenvalue weighted by Crippen LogP contribution is -2.52. The summed E-state index contributed by atoms with van der Waals surface area (Å²) in [5.74, 6) is -3.95. The molecule has 0 unspecified atom stereocenters. The number of methoxy groups -OCH3 is 1. The Bertz CT molecular complexity index is 691. The van der Waals surface area contributed by atoms with Crippen LogP contribution in [0.5, 0.6) is 0 Å². The van der Waals surface area contributed by atoms with Crippen molar-refractivity contribution in [2.24, 2.45) is 5.92 Å². The zero-order chi connectivity index (χ0) is 18.1. The third kappa shape index (κ3) is 3.52. The van der Waals surface area contributed by atoms with Gasteiger partial charge in [-0.1, -0.05) is 0 Å². The van der Waals surface area contributed by atoms with Crippen LogP contribution in [0.2, 0.25) is 0 Å². The summed E-state index contributed by atoms with van der Waals surface area (Å²) >= 11 is 0. The molecule has 1 heterocycles. The molecule has 0 spiro atoms. The fourth-order valence-electron chi connectivity index (χ4n) is 2.53. The van der Waals surface area contributed by atoms with E-state index in [9.17, 15) is 23.2 Å². The molecule has 1 aromatic carbocycles. The van der Waals surface area contributed by atoms with E-state index in [1.807, 2.05) is 0 Å². The van der Waals surface area contributed by atoms with Crippen LogP contribution in [0.3, 0.4) is 0 Å². The number of amides is 2. The Kier molecular flexibility index (Phi) is 4.86. The summed E-state index contributed by atoms with van der Waals surface area (Å²) in [6.07, 6.45) is -0.125. The van der Waals surface area contributed by atoms with E-state index in [1.165, 1.54) is 21.0 Å². The van der Waals surface area contributed by atoms with Gasteiger partial charge in [0.1, 0.15) is 17.2 Å². The molecule has 0 radical (unpaired) electrons. The molecule has 1 aliphatic heterocycles. The lowest BCUT2D eigenvalue weighted by Gasteiger charge is -2.25. The van der Waals surface area contributed by atoms with Gasteiger partial charge in [0.15, 0.2) is 0 Å². The average Bonchev–Trinajstić information content (AvgIpc) is 2.88. The largest absolute Gasteiger partial charge is 0.467 e. The topological polar surface area (TPSA) is 75.7 Å². The summed E-state index contributed by atoms with van der Waals surface area (Å²) in [5.41, 5.74) is -1.33. The monoisotopic (exact) mass is 340 g/mol. The van der Waals surface area contributed by atoms with Crippen molar-refractivity contribution >= 4 is 23.5 Å².